The lowest BCUT2D eigenvalue weighted by atomic mass is 10.1. The summed E-state index contributed by atoms with van der Waals surface area (Å²) < 4.78 is 6.63. The quantitative estimate of drug-likeness (QED) is 0.357. The molecule has 4 rings (SSSR count). The van der Waals surface area contributed by atoms with Crippen molar-refractivity contribution < 1.29 is 9.21 Å². The van der Waals surface area contributed by atoms with Crippen LogP contribution in [0.4, 0.5) is 5.13 Å². The fourth-order valence-electron chi connectivity index (χ4n) is 2.65. The van der Waals surface area contributed by atoms with Gasteiger partial charge in [0.1, 0.15) is 5.76 Å². The molecule has 0 aliphatic rings. The summed E-state index contributed by atoms with van der Waals surface area (Å²) in [5, 5.41) is 13.9. The standard InChI is InChI=1S/C19H18N6O2S2/c1-11-3-5-13(6-4-11)15-9-28-18(21-15)22-16(26)10-29-19-24-23-17(25(19)20)14-7-8-27-12(14)2/h3-9H,10,20H2,1-2H3,(H,21,22,26). The van der Waals surface area contributed by atoms with Gasteiger partial charge in [0.25, 0.3) is 0 Å². The zero-order valence-electron chi connectivity index (χ0n) is 15.7. The lowest BCUT2D eigenvalue weighted by molar-refractivity contribution is -0.113. The van der Waals surface area contributed by atoms with Gasteiger partial charge in [0, 0.05) is 10.9 Å². The van der Waals surface area contributed by atoms with Crippen LogP contribution in [0.3, 0.4) is 0 Å². The molecular formula is C19H18N6O2S2. The largest absolute Gasteiger partial charge is 0.469 e. The van der Waals surface area contributed by atoms with Crippen molar-refractivity contribution in [1.82, 2.24) is 19.9 Å². The van der Waals surface area contributed by atoms with Crippen molar-refractivity contribution in [3.63, 3.8) is 0 Å². The summed E-state index contributed by atoms with van der Waals surface area (Å²) in [6.07, 6.45) is 1.57. The van der Waals surface area contributed by atoms with Crippen LogP contribution in [0.2, 0.25) is 0 Å². The minimum absolute atomic E-state index is 0.138. The molecule has 0 aliphatic heterocycles. The van der Waals surface area contributed by atoms with Crippen LogP contribution in [0, 0.1) is 13.8 Å². The third-order valence-corrected chi connectivity index (χ3v) is 5.90. The smallest absolute Gasteiger partial charge is 0.236 e. The van der Waals surface area contributed by atoms with Crippen molar-refractivity contribution in [2.45, 2.75) is 19.0 Å². The van der Waals surface area contributed by atoms with Crippen LogP contribution >= 0.6 is 23.1 Å². The molecule has 0 saturated heterocycles. The van der Waals surface area contributed by atoms with E-state index >= 15 is 0 Å². The number of anilines is 1. The number of aromatic nitrogens is 4. The highest BCUT2D eigenvalue weighted by Crippen LogP contribution is 2.27. The second-order valence-corrected chi connectivity index (χ2v) is 8.11. The molecule has 0 unspecified atom stereocenters. The number of thiazole rings is 1. The first-order chi connectivity index (χ1) is 14.0. The number of hydrogen-bond acceptors (Lipinski definition) is 8. The van der Waals surface area contributed by atoms with Gasteiger partial charge in [-0.3, -0.25) is 4.79 Å². The molecule has 0 saturated carbocycles. The van der Waals surface area contributed by atoms with Crippen molar-refractivity contribution in [3.8, 4) is 22.6 Å². The van der Waals surface area contributed by atoms with Gasteiger partial charge in [0.15, 0.2) is 11.0 Å². The van der Waals surface area contributed by atoms with E-state index in [1.54, 1.807) is 12.3 Å². The van der Waals surface area contributed by atoms with Gasteiger partial charge >= 0.3 is 0 Å². The van der Waals surface area contributed by atoms with Crippen LogP contribution in [0.1, 0.15) is 11.3 Å². The normalized spacial score (nSPS) is 11.0. The Bertz CT molecular complexity index is 1150. The molecule has 3 aromatic heterocycles. The Morgan fingerprint density at radius 1 is 1.24 bits per heavy atom. The molecular weight excluding hydrogens is 408 g/mol. The molecule has 0 atom stereocenters. The fourth-order valence-corrected chi connectivity index (χ4v) is 4.04. The molecule has 0 spiro atoms. The van der Waals surface area contributed by atoms with Crippen LogP contribution in [0.15, 0.2) is 51.5 Å². The summed E-state index contributed by atoms with van der Waals surface area (Å²) in [6.45, 7) is 3.86. The maximum atomic E-state index is 12.3. The van der Waals surface area contributed by atoms with Gasteiger partial charge in [-0.05, 0) is 19.9 Å². The number of aryl methyl sites for hydroxylation is 2. The maximum absolute atomic E-state index is 12.3. The minimum atomic E-state index is -0.191. The van der Waals surface area contributed by atoms with Gasteiger partial charge < -0.3 is 15.6 Å². The highest BCUT2D eigenvalue weighted by molar-refractivity contribution is 7.99. The number of carbonyl (C=O) groups is 1. The van der Waals surface area contributed by atoms with Gasteiger partial charge in [-0.25, -0.2) is 9.66 Å². The van der Waals surface area contributed by atoms with E-state index in [0.29, 0.717) is 21.9 Å². The number of nitrogens with two attached hydrogens (primary N) is 1. The summed E-state index contributed by atoms with van der Waals surface area (Å²) in [5.74, 6) is 7.20. The predicted molar refractivity (Wildman–Crippen MR) is 114 cm³/mol. The molecule has 1 amide bonds. The number of furan rings is 1. The highest BCUT2D eigenvalue weighted by atomic mass is 32.2. The van der Waals surface area contributed by atoms with E-state index in [1.165, 1.54) is 33.3 Å². The van der Waals surface area contributed by atoms with Gasteiger partial charge in [-0.15, -0.1) is 21.5 Å². The number of rotatable bonds is 6. The highest BCUT2D eigenvalue weighted by Gasteiger charge is 2.17. The third-order valence-electron chi connectivity index (χ3n) is 4.19. The number of nitrogens with zero attached hydrogens (tertiary/aromatic N) is 4. The number of thioether (sulfide) groups is 1. The minimum Gasteiger partial charge on any atom is -0.469 e. The van der Waals surface area contributed by atoms with E-state index < -0.39 is 0 Å². The number of hydrogen-bond donors (Lipinski definition) is 2. The van der Waals surface area contributed by atoms with Crippen LogP contribution in [-0.2, 0) is 4.79 Å². The molecule has 1 aromatic carbocycles. The van der Waals surface area contributed by atoms with Crippen molar-refractivity contribution in [1.29, 1.82) is 0 Å². The second kappa shape index (κ2) is 8.10. The molecule has 10 heteroatoms. The van der Waals surface area contributed by atoms with Crippen LogP contribution < -0.4 is 11.2 Å². The van der Waals surface area contributed by atoms with E-state index in [2.05, 4.69) is 20.5 Å². The predicted octanol–water partition coefficient (Wildman–Crippen LogP) is 3.72. The Morgan fingerprint density at radius 3 is 2.76 bits per heavy atom. The first-order valence-corrected chi connectivity index (χ1v) is 10.6. The van der Waals surface area contributed by atoms with E-state index in [4.69, 9.17) is 10.3 Å². The number of benzene rings is 1. The average Bonchev–Trinajstić information content (AvgIpc) is 3.42. The van der Waals surface area contributed by atoms with Crippen molar-refractivity contribution in [2.75, 3.05) is 16.9 Å². The first kappa shape index (κ1) is 19.2. The lowest BCUT2D eigenvalue weighted by Crippen LogP contribution is -2.16. The van der Waals surface area contributed by atoms with Gasteiger partial charge in [-0.2, -0.15) is 0 Å². The zero-order chi connectivity index (χ0) is 20.4. The van der Waals surface area contributed by atoms with Crippen LogP contribution in [0.5, 0.6) is 0 Å². The number of amides is 1. The Kier molecular flexibility index (Phi) is 5.36. The van der Waals surface area contributed by atoms with Crippen molar-refractivity contribution in [2.24, 2.45) is 0 Å². The Labute approximate surface area is 175 Å². The lowest BCUT2D eigenvalue weighted by Gasteiger charge is -2.03. The fraction of sp³-hybridized carbons (Fsp3) is 0.158. The topological polar surface area (TPSA) is 112 Å². The van der Waals surface area contributed by atoms with Crippen LogP contribution in [0.25, 0.3) is 22.6 Å². The Morgan fingerprint density at radius 2 is 2.03 bits per heavy atom. The molecule has 3 heterocycles. The van der Waals surface area contributed by atoms with E-state index in [-0.39, 0.29) is 11.7 Å². The number of nitrogens with one attached hydrogen (secondary N) is 1. The molecule has 0 bridgehead atoms. The van der Waals surface area contributed by atoms with E-state index in [9.17, 15) is 4.79 Å². The van der Waals surface area contributed by atoms with Gasteiger partial charge in [-0.1, -0.05) is 41.6 Å². The Hall–Kier alpha value is -3.11. The van der Waals surface area contributed by atoms with Crippen LogP contribution in [-0.4, -0.2) is 31.5 Å². The summed E-state index contributed by atoms with van der Waals surface area (Å²) in [5.41, 5.74) is 3.80. The molecule has 0 fully saturated rings. The number of carbonyl (C=O) groups excluding carboxylic acids is 1. The van der Waals surface area contributed by atoms with E-state index in [0.717, 1.165) is 16.8 Å². The monoisotopic (exact) mass is 426 g/mol. The molecule has 3 N–H and O–H groups in total. The summed E-state index contributed by atoms with van der Waals surface area (Å²) in [4.78, 5) is 16.8. The summed E-state index contributed by atoms with van der Waals surface area (Å²) >= 11 is 2.59. The second-order valence-electron chi connectivity index (χ2n) is 6.31. The third kappa shape index (κ3) is 4.17. The average molecular weight is 427 g/mol. The molecule has 0 radical (unpaired) electrons. The van der Waals surface area contributed by atoms with Crippen molar-refractivity contribution >= 4 is 34.1 Å². The molecule has 8 nitrogen and oxygen atoms in total. The first-order valence-electron chi connectivity index (χ1n) is 8.71. The molecule has 0 aliphatic carbocycles. The van der Waals surface area contributed by atoms with E-state index in [1.807, 2.05) is 43.5 Å². The zero-order valence-corrected chi connectivity index (χ0v) is 17.4. The molecule has 4 aromatic rings. The van der Waals surface area contributed by atoms with Gasteiger partial charge in [0.05, 0.1) is 23.3 Å². The summed E-state index contributed by atoms with van der Waals surface area (Å²) in [6, 6.07) is 9.87. The Balaban J connectivity index is 1.37. The van der Waals surface area contributed by atoms with Crippen molar-refractivity contribution in [3.05, 3.63) is 53.3 Å². The molecule has 148 valence electrons. The maximum Gasteiger partial charge on any atom is 0.236 e. The SMILES string of the molecule is Cc1ccc(-c2csc(NC(=O)CSc3nnc(-c4ccoc4C)n3N)n2)cc1. The summed E-state index contributed by atoms with van der Waals surface area (Å²) in [7, 11) is 0. The number of nitrogen functional groups attached to an aromatic ring is 1. The molecule has 29 heavy (non-hydrogen) atoms. The van der Waals surface area contributed by atoms with Gasteiger partial charge in [0.2, 0.25) is 11.1 Å².